The maximum Gasteiger partial charge on any atom is 0.355 e. The van der Waals surface area contributed by atoms with Crippen LogP contribution in [-0.4, -0.2) is 29.7 Å². The Morgan fingerprint density at radius 3 is 2.24 bits per heavy atom. The quantitative estimate of drug-likeness (QED) is 0.706. The Kier molecular flexibility index (Phi) is 6.39. The lowest BCUT2D eigenvalue weighted by atomic mass is 10.00. The van der Waals surface area contributed by atoms with Gasteiger partial charge in [-0.25, -0.2) is 9.59 Å². The molecule has 0 amide bonds. The fraction of sp³-hybridized carbons (Fsp3) is 0.400. The molecule has 0 bridgehead atoms. The van der Waals surface area contributed by atoms with E-state index in [-0.39, 0.29) is 6.61 Å². The lowest BCUT2D eigenvalue weighted by molar-refractivity contribution is 0.0492. The van der Waals surface area contributed by atoms with E-state index in [0.29, 0.717) is 35.7 Å². The van der Waals surface area contributed by atoms with Crippen LogP contribution in [0.5, 0.6) is 0 Å². The van der Waals surface area contributed by atoms with Gasteiger partial charge in [0.05, 0.1) is 18.8 Å². The highest BCUT2D eigenvalue weighted by Crippen LogP contribution is 2.34. The highest BCUT2D eigenvalue weighted by molar-refractivity contribution is 6.06. The molecule has 0 unspecified atom stereocenters. The SMILES string of the molecule is CCCOC(=O)c1c(-c2ccccc2)c(C(=O)OCC)c(C)n1CC. The third kappa shape index (κ3) is 3.76. The maximum atomic E-state index is 12.7. The van der Waals surface area contributed by atoms with Crippen molar-refractivity contribution in [2.75, 3.05) is 13.2 Å². The number of nitrogens with zero attached hydrogens (tertiary/aromatic N) is 1. The molecule has 1 aromatic heterocycles. The van der Waals surface area contributed by atoms with Gasteiger partial charge < -0.3 is 14.0 Å². The number of benzene rings is 1. The van der Waals surface area contributed by atoms with Crippen LogP contribution in [0.15, 0.2) is 30.3 Å². The van der Waals surface area contributed by atoms with Crippen LogP contribution in [0, 0.1) is 6.92 Å². The van der Waals surface area contributed by atoms with E-state index in [2.05, 4.69) is 0 Å². The fourth-order valence-corrected chi connectivity index (χ4v) is 2.95. The van der Waals surface area contributed by atoms with Crippen molar-refractivity contribution >= 4 is 11.9 Å². The summed E-state index contributed by atoms with van der Waals surface area (Å²) in [4.78, 5) is 25.3. The molecule has 25 heavy (non-hydrogen) atoms. The summed E-state index contributed by atoms with van der Waals surface area (Å²) in [6.45, 7) is 8.66. The molecule has 2 aromatic rings. The molecular weight excluding hydrogens is 318 g/mol. The van der Waals surface area contributed by atoms with E-state index >= 15 is 0 Å². The zero-order chi connectivity index (χ0) is 18.4. The van der Waals surface area contributed by atoms with Crippen molar-refractivity contribution in [3.63, 3.8) is 0 Å². The van der Waals surface area contributed by atoms with Gasteiger partial charge in [0.1, 0.15) is 5.69 Å². The zero-order valence-electron chi connectivity index (χ0n) is 15.3. The molecule has 1 heterocycles. The van der Waals surface area contributed by atoms with Crippen molar-refractivity contribution < 1.29 is 19.1 Å². The lowest BCUT2D eigenvalue weighted by Gasteiger charge is -2.10. The molecule has 5 heteroatoms. The molecule has 0 spiro atoms. The van der Waals surface area contributed by atoms with Crippen LogP contribution in [0.3, 0.4) is 0 Å². The van der Waals surface area contributed by atoms with E-state index in [1.807, 2.05) is 55.7 Å². The standard InChI is InChI=1S/C20H25NO4/c1-5-13-25-20(23)18-17(15-11-9-8-10-12-15)16(19(22)24-7-3)14(4)21(18)6-2/h8-12H,5-7,13H2,1-4H3. The highest BCUT2D eigenvalue weighted by atomic mass is 16.5. The number of hydrogen-bond acceptors (Lipinski definition) is 4. The molecule has 0 aliphatic heterocycles. The first-order chi connectivity index (χ1) is 12.1. The first-order valence-electron chi connectivity index (χ1n) is 8.69. The van der Waals surface area contributed by atoms with Crippen LogP contribution in [0.1, 0.15) is 53.7 Å². The lowest BCUT2D eigenvalue weighted by Crippen LogP contribution is -2.14. The summed E-state index contributed by atoms with van der Waals surface area (Å²) in [6.07, 6.45) is 0.739. The van der Waals surface area contributed by atoms with Crippen molar-refractivity contribution in [3.05, 3.63) is 47.3 Å². The molecule has 0 saturated carbocycles. The van der Waals surface area contributed by atoms with Crippen LogP contribution < -0.4 is 0 Å². The minimum atomic E-state index is -0.421. The topological polar surface area (TPSA) is 57.5 Å². The number of carbonyl (C=O) groups excluding carboxylic acids is 2. The minimum Gasteiger partial charge on any atom is -0.462 e. The molecule has 0 aliphatic carbocycles. The van der Waals surface area contributed by atoms with E-state index in [9.17, 15) is 9.59 Å². The van der Waals surface area contributed by atoms with Crippen LogP contribution in [0.2, 0.25) is 0 Å². The largest absolute Gasteiger partial charge is 0.462 e. The number of ether oxygens (including phenoxy) is 2. The van der Waals surface area contributed by atoms with E-state index in [1.54, 1.807) is 6.92 Å². The highest BCUT2D eigenvalue weighted by Gasteiger charge is 2.30. The molecule has 0 radical (unpaired) electrons. The Morgan fingerprint density at radius 1 is 1.00 bits per heavy atom. The van der Waals surface area contributed by atoms with Gasteiger partial charge in [0.25, 0.3) is 0 Å². The summed E-state index contributed by atoms with van der Waals surface area (Å²) in [5, 5.41) is 0. The summed E-state index contributed by atoms with van der Waals surface area (Å²) in [5.74, 6) is -0.836. The summed E-state index contributed by atoms with van der Waals surface area (Å²) in [6, 6.07) is 9.42. The third-order valence-corrected chi connectivity index (χ3v) is 4.01. The number of hydrogen-bond donors (Lipinski definition) is 0. The van der Waals surface area contributed by atoms with Crippen LogP contribution in [-0.2, 0) is 16.0 Å². The Morgan fingerprint density at radius 2 is 1.68 bits per heavy atom. The van der Waals surface area contributed by atoms with E-state index < -0.39 is 11.9 Å². The number of rotatable bonds is 7. The van der Waals surface area contributed by atoms with Gasteiger partial charge in [0, 0.05) is 17.8 Å². The van der Waals surface area contributed by atoms with Crippen molar-refractivity contribution in [2.45, 2.75) is 40.7 Å². The fourth-order valence-electron chi connectivity index (χ4n) is 2.95. The second kappa shape index (κ2) is 8.51. The molecule has 134 valence electrons. The number of aromatic nitrogens is 1. The average Bonchev–Trinajstić information content (AvgIpc) is 2.93. The predicted octanol–water partition coefficient (Wildman–Crippen LogP) is 4.23. The second-order valence-electron chi connectivity index (χ2n) is 5.65. The molecule has 2 rings (SSSR count). The van der Waals surface area contributed by atoms with Crippen molar-refractivity contribution in [1.29, 1.82) is 0 Å². The van der Waals surface area contributed by atoms with Crippen molar-refractivity contribution in [1.82, 2.24) is 4.57 Å². The van der Waals surface area contributed by atoms with Crippen LogP contribution >= 0.6 is 0 Å². The number of esters is 2. The molecule has 0 atom stereocenters. The minimum absolute atomic E-state index is 0.277. The van der Waals surface area contributed by atoms with Gasteiger partial charge in [-0.2, -0.15) is 0 Å². The Balaban J connectivity index is 2.73. The van der Waals surface area contributed by atoms with Gasteiger partial charge in [0.2, 0.25) is 0 Å². The smallest absolute Gasteiger partial charge is 0.355 e. The summed E-state index contributed by atoms with van der Waals surface area (Å²) >= 11 is 0. The summed E-state index contributed by atoms with van der Waals surface area (Å²) in [7, 11) is 0. The normalized spacial score (nSPS) is 10.6. The van der Waals surface area contributed by atoms with Gasteiger partial charge in [-0.1, -0.05) is 37.3 Å². The predicted molar refractivity (Wildman–Crippen MR) is 96.8 cm³/mol. The number of carbonyl (C=O) groups is 2. The molecule has 0 saturated heterocycles. The van der Waals surface area contributed by atoms with Crippen molar-refractivity contribution in [2.24, 2.45) is 0 Å². The Hall–Kier alpha value is -2.56. The second-order valence-corrected chi connectivity index (χ2v) is 5.65. The van der Waals surface area contributed by atoms with Crippen molar-refractivity contribution in [3.8, 4) is 11.1 Å². The van der Waals surface area contributed by atoms with Gasteiger partial charge in [-0.3, -0.25) is 0 Å². The van der Waals surface area contributed by atoms with Gasteiger partial charge in [-0.15, -0.1) is 0 Å². The van der Waals surface area contributed by atoms with E-state index in [0.717, 1.165) is 12.0 Å². The maximum absolute atomic E-state index is 12.7. The molecule has 1 aromatic carbocycles. The van der Waals surface area contributed by atoms with Gasteiger partial charge >= 0.3 is 11.9 Å². The average molecular weight is 343 g/mol. The monoisotopic (exact) mass is 343 g/mol. The van der Waals surface area contributed by atoms with E-state index in [1.165, 1.54) is 0 Å². The molecule has 0 N–H and O–H groups in total. The first kappa shape index (κ1) is 18.8. The molecule has 0 fully saturated rings. The Bertz CT molecular complexity index is 747. The summed E-state index contributed by atoms with van der Waals surface area (Å²) in [5.41, 5.74) is 2.92. The summed E-state index contributed by atoms with van der Waals surface area (Å²) < 4.78 is 12.4. The van der Waals surface area contributed by atoms with Crippen LogP contribution in [0.25, 0.3) is 11.1 Å². The van der Waals surface area contributed by atoms with E-state index in [4.69, 9.17) is 9.47 Å². The van der Waals surface area contributed by atoms with Gasteiger partial charge in [-0.05, 0) is 32.8 Å². The molecule has 0 aliphatic rings. The first-order valence-corrected chi connectivity index (χ1v) is 8.69. The van der Waals surface area contributed by atoms with Crippen LogP contribution in [0.4, 0.5) is 0 Å². The zero-order valence-corrected chi connectivity index (χ0v) is 15.3. The van der Waals surface area contributed by atoms with Gasteiger partial charge in [0.15, 0.2) is 0 Å². The molecular formula is C20H25NO4. The Labute approximate surface area is 148 Å². The molecule has 5 nitrogen and oxygen atoms in total. The third-order valence-electron chi connectivity index (χ3n) is 4.01.